The third-order valence-electron chi connectivity index (χ3n) is 3.74. The van der Waals surface area contributed by atoms with Crippen LogP contribution in [0.3, 0.4) is 0 Å². The van der Waals surface area contributed by atoms with Crippen molar-refractivity contribution in [3.8, 4) is 0 Å². The van der Waals surface area contributed by atoms with Crippen LogP contribution >= 0.6 is 0 Å². The lowest BCUT2D eigenvalue weighted by molar-refractivity contribution is -0.125. The summed E-state index contributed by atoms with van der Waals surface area (Å²) in [5.41, 5.74) is 1.17. The van der Waals surface area contributed by atoms with E-state index in [1.54, 1.807) is 0 Å². The number of hydrogen-bond acceptors (Lipinski definition) is 3. The van der Waals surface area contributed by atoms with Gasteiger partial charge in [0.2, 0.25) is 5.91 Å². The molecule has 18 heavy (non-hydrogen) atoms. The summed E-state index contributed by atoms with van der Waals surface area (Å²) in [6.07, 6.45) is 8.04. The van der Waals surface area contributed by atoms with E-state index in [1.165, 1.54) is 5.69 Å². The van der Waals surface area contributed by atoms with Gasteiger partial charge in [-0.25, -0.2) is 0 Å². The average molecular weight is 245 g/mol. The predicted octanol–water partition coefficient (Wildman–Crippen LogP) is 1.58. The number of anilines is 1. The molecule has 2 heterocycles. The molecule has 0 spiro atoms. The van der Waals surface area contributed by atoms with Crippen LogP contribution in [-0.2, 0) is 4.79 Å². The van der Waals surface area contributed by atoms with Gasteiger partial charge < -0.3 is 10.2 Å². The molecule has 0 bridgehead atoms. The monoisotopic (exact) mass is 245 g/mol. The van der Waals surface area contributed by atoms with Crippen molar-refractivity contribution in [1.82, 2.24) is 10.3 Å². The summed E-state index contributed by atoms with van der Waals surface area (Å²) in [6, 6.07) is 4.50. The van der Waals surface area contributed by atoms with Gasteiger partial charge in [-0.1, -0.05) is 0 Å². The molecule has 1 aromatic rings. The Labute approximate surface area is 107 Å². The van der Waals surface area contributed by atoms with Crippen LogP contribution in [0.15, 0.2) is 24.5 Å². The van der Waals surface area contributed by atoms with Gasteiger partial charge in [0.1, 0.15) is 0 Å². The maximum atomic E-state index is 12.1. The minimum atomic E-state index is 0.146. The van der Waals surface area contributed by atoms with Crippen molar-refractivity contribution in [2.24, 2.45) is 5.92 Å². The van der Waals surface area contributed by atoms with Gasteiger partial charge in [0.15, 0.2) is 0 Å². The topological polar surface area (TPSA) is 45.2 Å². The van der Waals surface area contributed by atoms with Crippen molar-refractivity contribution >= 4 is 11.6 Å². The zero-order chi connectivity index (χ0) is 12.4. The van der Waals surface area contributed by atoms with Crippen molar-refractivity contribution in [1.29, 1.82) is 0 Å². The van der Waals surface area contributed by atoms with Crippen LogP contribution in [0.2, 0.25) is 0 Å². The van der Waals surface area contributed by atoms with Crippen molar-refractivity contribution in [3.63, 3.8) is 0 Å². The van der Waals surface area contributed by atoms with Crippen molar-refractivity contribution in [2.75, 3.05) is 18.0 Å². The number of carbonyl (C=O) groups is 1. The van der Waals surface area contributed by atoms with Crippen molar-refractivity contribution in [3.05, 3.63) is 24.5 Å². The number of amides is 1. The number of aromatic nitrogens is 1. The molecule has 1 amide bonds. The molecule has 2 aliphatic rings. The maximum absolute atomic E-state index is 12.1. The summed E-state index contributed by atoms with van der Waals surface area (Å²) < 4.78 is 0. The Morgan fingerprint density at radius 3 is 2.78 bits per heavy atom. The Balaban J connectivity index is 1.62. The molecule has 0 aromatic carbocycles. The molecule has 1 N–H and O–H groups in total. The Morgan fingerprint density at radius 2 is 2.06 bits per heavy atom. The first-order valence-electron chi connectivity index (χ1n) is 6.78. The standard InChI is InChI=1S/C14H19N3O/c18-14(16-12-3-4-12)11-2-1-9-17(10-11)13-5-7-15-8-6-13/h5-8,11-12H,1-4,9-10H2,(H,16,18). The molecule has 3 rings (SSSR count). The summed E-state index contributed by atoms with van der Waals surface area (Å²) in [6.45, 7) is 1.87. The largest absolute Gasteiger partial charge is 0.371 e. The third-order valence-corrected chi connectivity index (χ3v) is 3.74. The van der Waals surface area contributed by atoms with Gasteiger partial charge in [-0.05, 0) is 37.8 Å². The first-order valence-corrected chi connectivity index (χ1v) is 6.78. The number of piperidine rings is 1. The first-order chi connectivity index (χ1) is 8.83. The number of carbonyl (C=O) groups excluding carboxylic acids is 1. The van der Waals surface area contributed by atoms with Crippen LogP contribution in [0, 0.1) is 5.92 Å². The van der Waals surface area contributed by atoms with E-state index in [1.807, 2.05) is 24.5 Å². The number of rotatable bonds is 3. The number of nitrogens with one attached hydrogen (secondary N) is 1. The molecule has 1 aliphatic heterocycles. The van der Waals surface area contributed by atoms with E-state index in [2.05, 4.69) is 15.2 Å². The molecule has 0 radical (unpaired) electrons. The van der Waals surface area contributed by atoms with Crippen LogP contribution in [0.1, 0.15) is 25.7 Å². The summed E-state index contributed by atoms with van der Waals surface area (Å²) in [5.74, 6) is 0.392. The highest BCUT2D eigenvalue weighted by molar-refractivity contribution is 5.80. The SMILES string of the molecule is O=C(NC1CC1)C1CCCN(c2ccncc2)C1. The normalized spacial score (nSPS) is 23.8. The highest BCUT2D eigenvalue weighted by atomic mass is 16.2. The molecular weight excluding hydrogens is 226 g/mol. The molecule has 4 nitrogen and oxygen atoms in total. The Morgan fingerprint density at radius 1 is 1.28 bits per heavy atom. The molecule has 2 fully saturated rings. The van der Waals surface area contributed by atoms with Crippen LogP contribution in [0.25, 0.3) is 0 Å². The molecular formula is C14H19N3O. The second-order valence-corrected chi connectivity index (χ2v) is 5.27. The van der Waals surface area contributed by atoms with E-state index >= 15 is 0 Å². The van der Waals surface area contributed by atoms with Crippen LogP contribution in [0.5, 0.6) is 0 Å². The van der Waals surface area contributed by atoms with Gasteiger partial charge in [-0.2, -0.15) is 0 Å². The minimum absolute atomic E-state index is 0.146. The van der Waals surface area contributed by atoms with Crippen molar-refractivity contribution < 1.29 is 4.79 Å². The molecule has 1 saturated carbocycles. The quantitative estimate of drug-likeness (QED) is 0.879. The molecule has 96 valence electrons. The first kappa shape index (κ1) is 11.5. The number of hydrogen-bond donors (Lipinski definition) is 1. The lowest BCUT2D eigenvalue weighted by atomic mass is 9.96. The molecule has 1 saturated heterocycles. The van der Waals surface area contributed by atoms with Crippen LogP contribution < -0.4 is 10.2 Å². The summed E-state index contributed by atoms with van der Waals surface area (Å²) in [4.78, 5) is 18.4. The predicted molar refractivity (Wildman–Crippen MR) is 70.3 cm³/mol. The van der Waals surface area contributed by atoms with Gasteiger partial charge >= 0.3 is 0 Å². The van der Waals surface area contributed by atoms with Crippen LogP contribution in [-0.4, -0.2) is 30.0 Å². The Kier molecular flexibility index (Phi) is 3.17. The lowest BCUT2D eigenvalue weighted by Gasteiger charge is -2.33. The smallest absolute Gasteiger partial charge is 0.225 e. The zero-order valence-corrected chi connectivity index (χ0v) is 10.5. The van der Waals surface area contributed by atoms with Gasteiger partial charge in [0.25, 0.3) is 0 Å². The second kappa shape index (κ2) is 4.96. The average Bonchev–Trinajstić information content (AvgIpc) is 3.24. The number of pyridine rings is 1. The van der Waals surface area contributed by atoms with E-state index in [0.717, 1.165) is 38.8 Å². The minimum Gasteiger partial charge on any atom is -0.371 e. The van der Waals surface area contributed by atoms with E-state index in [9.17, 15) is 4.79 Å². The van der Waals surface area contributed by atoms with Gasteiger partial charge in [-0.3, -0.25) is 9.78 Å². The van der Waals surface area contributed by atoms with E-state index in [4.69, 9.17) is 0 Å². The lowest BCUT2D eigenvalue weighted by Crippen LogP contribution is -2.43. The Bertz CT molecular complexity index is 416. The van der Waals surface area contributed by atoms with Gasteiger partial charge in [0, 0.05) is 37.2 Å². The maximum Gasteiger partial charge on any atom is 0.225 e. The van der Waals surface area contributed by atoms with E-state index in [0.29, 0.717) is 6.04 Å². The second-order valence-electron chi connectivity index (χ2n) is 5.27. The fourth-order valence-electron chi connectivity index (χ4n) is 2.53. The third kappa shape index (κ3) is 2.63. The molecule has 4 heteroatoms. The molecule has 1 aliphatic carbocycles. The summed E-state index contributed by atoms with van der Waals surface area (Å²) in [5, 5.41) is 3.12. The van der Waals surface area contributed by atoms with E-state index in [-0.39, 0.29) is 11.8 Å². The zero-order valence-electron chi connectivity index (χ0n) is 10.5. The highest BCUT2D eigenvalue weighted by Gasteiger charge is 2.30. The fraction of sp³-hybridized carbons (Fsp3) is 0.571. The summed E-state index contributed by atoms with van der Waals surface area (Å²) in [7, 11) is 0. The van der Waals surface area contributed by atoms with Gasteiger partial charge in [0.05, 0.1) is 5.92 Å². The molecule has 1 aromatic heterocycles. The highest BCUT2D eigenvalue weighted by Crippen LogP contribution is 2.24. The van der Waals surface area contributed by atoms with Crippen LogP contribution in [0.4, 0.5) is 5.69 Å². The molecule has 1 unspecified atom stereocenters. The van der Waals surface area contributed by atoms with Gasteiger partial charge in [-0.15, -0.1) is 0 Å². The fourth-order valence-corrected chi connectivity index (χ4v) is 2.53. The summed E-state index contributed by atoms with van der Waals surface area (Å²) >= 11 is 0. The Hall–Kier alpha value is -1.58. The number of nitrogens with zero attached hydrogens (tertiary/aromatic N) is 2. The molecule has 1 atom stereocenters. The van der Waals surface area contributed by atoms with E-state index < -0.39 is 0 Å². The van der Waals surface area contributed by atoms with Crippen molar-refractivity contribution in [2.45, 2.75) is 31.7 Å².